The number of benzene rings is 1. The Kier molecular flexibility index (Phi) is 6.80. The lowest BCUT2D eigenvalue weighted by Gasteiger charge is -2.27. The first-order valence-corrected chi connectivity index (χ1v) is 10.0. The third kappa shape index (κ3) is 5.69. The highest BCUT2D eigenvalue weighted by molar-refractivity contribution is 7.91. The highest BCUT2D eigenvalue weighted by atomic mass is 35.5. The fourth-order valence-corrected chi connectivity index (χ4v) is 4.51. The van der Waals surface area contributed by atoms with E-state index in [9.17, 15) is 18.0 Å². The molecule has 1 aliphatic heterocycles. The van der Waals surface area contributed by atoms with E-state index in [0.29, 0.717) is 11.4 Å². The van der Waals surface area contributed by atoms with E-state index in [2.05, 4.69) is 5.32 Å². The van der Waals surface area contributed by atoms with Crippen molar-refractivity contribution in [1.29, 1.82) is 0 Å². The van der Waals surface area contributed by atoms with Crippen molar-refractivity contribution in [3.05, 3.63) is 34.9 Å². The first kappa shape index (κ1) is 19.7. The van der Waals surface area contributed by atoms with Gasteiger partial charge in [0.2, 0.25) is 0 Å². The number of sulfone groups is 1. The van der Waals surface area contributed by atoms with Crippen molar-refractivity contribution in [2.45, 2.75) is 19.0 Å². The first-order chi connectivity index (χ1) is 11.8. The van der Waals surface area contributed by atoms with Gasteiger partial charge in [-0.15, -0.1) is 0 Å². The number of ether oxygens (including phenoxy) is 1. The molecule has 1 aromatic rings. The quantitative estimate of drug-likeness (QED) is 0.721. The highest BCUT2D eigenvalue weighted by Gasteiger charge is 2.36. The number of carbonyl (C=O) groups is 2. The molecule has 7 nitrogen and oxygen atoms in total. The number of amides is 2. The van der Waals surface area contributed by atoms with Crippen LogP contribution in [0.4, 0.5) is 0 Å². The van der Waals surface area contributed by atoms with Crippen LogP contribution >= 0.6 is 11.6 Å². The molecule has 0 bridgehead atoms. The molecular weight excluding hydrogens is 368 g/mol. The molecule has 2 amide bonds. The topological polar surface area (TPSA) is 92.8 Å². The molecule has 1 aliphatic rings. The van der Waals surface area contributed by atoms with Crippen molar-refractivity contribution < 1.29 is 22.7 Å². The SMILES string of the molecule is COCCN(C(=O)C(=O)NCc1ccc(Cl)cc1)C1CCS(=O)(=O)C1. The van der Waals surface area contributed by atoms with E-state index in [0.717, 1.165) is 5.56 Å². The predicted molar refractivity (Wildman–Crippen MR) is 93.9 cm³/mol. The summed E-state index contributed by atoms with van der Waals surface area (Å²) in [6, 6.07) is 6.39. The largest absolute Gasteiger partial charge is 0.383 e. The zero-order valence-corrected chi connectivity index (χ0v) is 15.5. The molecule has 138 valence electrons. The Hall–Kier alpha value is -1.64. The Bertz CT molecular complexity index is 721. The summed E-state index contributed by atoms with van der Waals surface area (Å²) < 4.78 is 28.3. The smallest absolute Gasteiger partial charge is 0.312 e. The van der Waals surface area contributed by atoms with Crippen molar-refractivity contribution in [2.75, 3.05) is 31.8 Å². The van der Waals surface area contributed by atoms with Crippen LogP contribution in [0.25, 0.3) is 0 Å². The van der Waals surface area contributed by atoms with Gasteiger partial charge in [-0.1, -0.05) is 23.7 Å². The van der Waals surface area contributed by atoms with Crippen LogP contribution in [-0.4, -0.2) is 62.9 Å². The van der Waals surface area contributed by atoms with E-state index >= 15 is 0 Å². The normalized spacial score (nSPS) is 18.7. The van der Waals surface area contributed by atoms with Crippen molar-refractivity contribution in [3.8, 4) is 0 Å². The van der Waals surface area contributed by atoms with E-state index in [4.69, 9.17) is 16.3 Å². The summed E-state index contributed by atoms with van der Waals surface area (Å²) in [5.41, 5.74) is 0.803. The Morgan fingerprint density at radius 1 is 1.32 bits per heavy atom. The average Bonchev–Trinajstić information content (AvgIpc) is 2.94. The Balaban J connectivity index is 1.99. The number of nitrogens with one attached hydrogen (secondary N) is 1. The molecule has 0 saturated carbocycles. The van der Waals surface area contributed by atoms with Crippen LogP contribution in [0.3, 0.4) is 0 Å². The summed E-state index contributed by atoms with van der Waals surface area (Å²) in [5, 5.41) is 3.14. The molecule has 1 unspecified atom stereocenters. The molecule has 0 radical (unpaired) electrons. The number of methoxy groups -OCH3 is 1. The summed E-state index contributed by atoms with van der Waals surface area (Å²) in [6.45, 7) is 0.583. The van der Waals surface area contributed by atoms with Crippen molar-refractivity contribution in [2.24, 2.45) is 0 Å². The number of hydrogen-bond donors (Lipinski definition) is 1. The molecule has 2 rings (SSSR count). The molecule has 25 heavy (non-hydrogen) atoms. The first-order valence-electron chi connectivity index (χ1n) is 7.85. The highest BCUT2D eigenvalue weighted by Crippen LogP contribution is 2.18. The number of nitrogens with zero attached hydrogens (tertiary/aromatic N) is 1. The Morgan fingerprint density at radius 2 is 2.00 bits per heavy atom. The van der Waals surface area contributed by atoms with Gasteiger partial charge in [-0.05, 0) is 24.1 Å². The van der Waals surface area contributed by atoms with E-state index in [1.54, 1.807) is 24.3 Å². The van der Waals surface area contributed by atoms with Gasteiger partial charge in [0, 0.05) is 31.3 Å². The molecular formula is C16H21ClN2O5S. The van der Waals surface area contributed by atoms with Crippen LogP contribution in [0.2, 0.25) is 5.02 Å². The van der Waals surface area contributed by atoms with Gasteiger partial charge in [-0.2, -0.15) is 0 Å². The Morgan fingerprint density at radius 3 is 2.56 bits per heavy atom. The van der Waals surface area contributed by atoms with Gasteiger partial charge in [-0.25, -0.2) is 8.42 Å². The minimum Gasteiger partial charge on any atom is -0.383 e. The number of halogens is 1. The van der Waals surface area contributed by atoms with Gasteiger partial charge < -0.3 is 15.0 Å². The van der Waals surface area contributed by atoms with Crippen molar-refractivity contribution in [3.63, 3.8) is 0 Å². The van der Waals surface area contributed by atoms with Gasteiger partial charge in [0.1, 0.15) is 0 Å². The van der Waals surface area contributed by atoms with Crippen molar-refractivity contribution >= 4 is 33.3 Å². The fourth-order valence-electron chi connectivity index (χ4n) is 2.65. The third-order valence-electron chi connectivity index (χ3n) is 4.01. The lowest BCUT2D eigenvalue weighted by Crippen LogP contribution is -2.49. The molecule has 1 aromatic carbocycles. The third-order valence-corrected chi connectivity index (χ3v) is 6.01. The van der Waals surface area contributed by atoms with Gasteiger partial charge in [-0.3, -0.25) is 9.59 Å². The Labute approximate surface area is 152 Å². The summed E-state index contributed by atoms with van der Waals surface area (Å²) in [4.78, 5) is 25.9. The van der Waals surface area contributed by atoms with Gasteiger partial charge in [0.15, 0.2) is 9.84 Å². The van der Waals surface area contributed by atoms with E-state index in [-0.39, 0.29) is 31.2 Å². The number of hydrogen-bond acceptors (Lipinski definition) is 5. The van der Waals surface area contributed by atoms with Crippen LogP contribution in [-0.2, 0) is 30.7 Å². The summed E-state index contributed by atoms with van der Waals surface area (Å²) in [5.74, 6) is -1.60. The maximum Gasteiger partial charge on any atom is 0.312 e. The zero-order chi connectivity index (χ0) is 18.4. The molecule has 9 heteroatoms. The molecule has 0 spiro atoms. The van der Waals surface area contributed by atoms with Gasteiger partial charge in [0.05, 0.1) is 18.1 Å². The minimum atomic E-state index is -3.16. The van der Waals surface area contributed by atoms with E-state index in [1.165, 1.54) is 12.0 Å². The second-order valence-electron chi connectivity index (χ2n) is 5.86. The van der Waals surface area contributed by atoms with E-state index in [1.807, 2.05) is 0 Å². The molecule has 1 N–H and O–H groups in total. The lowest BCUT2D eigenvalue weighted by molar-refractivity contribution is -0.147. The zero-order valence-electron chi connectivity index (χ0n) is 13.9. The van der Waals surface area contributed by atoms with Gasteiger partial charge >= 0.3 is 11.8 Å². The second-order valence-corrected chi connectivity index (χ2v) is 8.52. The second kappa shape index (κ2) is 8.64. The molecule has 1 atom stereocenters. The monoisotopic (exact) mass is 388 g/mol. The summed E-state index contributed by atoms with van der Waals surface area (Å²) >= 11 is 5.80. The molecule has 0 aromatic heterocycles. The molecule has 0 aliphatic carbocycles. The van der Waals surface area contributed by atoms with Crippen molar-refractivity contribution in [1.82, 2.24) is 10.2 Å². The minimum absolute atomic E-state index is 0.0286. The van der Waals surface area contributed by atoms with Crippen LogP contribution in [0, 0.1) is 0 Å². The number of rotatable bonds is 6. The van der Waals surface area contributed by atoms with Crippen LogP contribution in [0.5, 0.6) is 0 Å². The molecule has 1 fully saturated rings. The molecule has 1 heterocycles. The standard InChI is InChI=1S/C16H21ClN2O5S/c1-24-8-7-19(14-6-9-25(22,23)11-14)16(21)15(20)18-10-12-2-4-13(17)5-3-12/h2-5,14H,6-11H2,1H3,(H,18,20). The van der Waals surface area contributed by atoms with Crippen LogP contribution in [0.15, 0.2) is 24.3 Å². The predicted octanol–water partition coefficient (Wildman–Crippen LogP) is 0.618. The van der Waals surface area contributed by atoms with E-state index < -0.39 is 27.7 Å². The van der Waals surface area contributed by atoms with Crippen LogP contribution in [0.1, 0.15) is 12.0 Å². The van der Waals surface area contributed by atoms with Crippen LogP contribution < -0.4 is 5.32 Å². The summed E-state index contributed by atoms with van der Waals surface area (Å²) in [6.07, 6.45) is 0.336. The summed E-state index contributed by atoms with van der Waals surface area (Å²) in [7, 11) is -1.68. The molecule has 1 saturated heterocycles. The number of carbonyl (C=O) groups excluding carboxylic acids is 2. The van der Waals surface area contributed by atoms with Gasteiger partial charge in [0.25, 0.3) is 0 Å². The lowest BCUT2D eigenvalue weighted by atomic mass is 10.2. The maximum atomic E-state index is 12.5. The fraction of sp³-hybridized carbons (Fsp3) is 0.500. The maximum absolute atomic E-state index is 12.5. The average molecular weight is 389 g/mol.